The van der Waals surface area contributed by atoms with Crippen LogP contribution in [0.15, 0.2) is 18.2 Å². The molecule has 0 aliphatic rings. The summed E-state index contributed by atoms with van der Waals surface area (Å²) in [6.45, 7) is 3.71. The highest BCUT2D eigenvalue weighted by Gasteiger charge is 2.08. The molecular weight excluding hydrogens is 222 g/mol. The molecule has 0 aliphatic carbocycles. The molecule has 1 aromatic carbocycles. The van der Waals surface area contributed by atoms with E-state index in [1.807, 2.05) is 13.8 Å². The van der Waals surface area contributed by atoms with Crippen LogP contribution in [0, 0.1) is 0 Å². The Bertz CT molecular complexity index is 368. The topological polar surface area (TPSA) is 56.8 Å². The van der Waals surface area contributed by atoms with Gasteiger partial charge in [-0.15, -0.1) is 0 Å². The maximum absolute atomic E-state index is 11.4. The van der Waals surface area contributed by atoms with Gasteiger partial charge in [0.05, 0.1) is 14.2 Å². The highest BCUT2D eigenvalue weighted by atomic mass is 16.6. The van der Waals surface area contributed by atoms with Crippen LogP contribution in [0.5, 0.6) is 17.2 Å². The molecule has 0 fully saturated rings. The Labute approximate surface area is 101 Å². The van der Waals surface area contributed by atoms with Crippen molar-refractivity contribution in [2.45, 2.75) is 19.9 Å². The Balaban J connectivity index is 2.79. The van der Waals surface area contributed by atoms with E-state index in [0.717, 1.165) is 0 Å². The van der Waals surface area contributed by atoms with Gasteiger partial charge in [0.25, 0.3) is 0 Å². The van der Waals surface area contributed by atoms with Gasteiger partial charge in [-0.05, 0) is 13.8 Å². The summed E-state index contributed by atoms with van der Waals surface area (Å²) >= 11 is 0. The summed E-state index contributed by atoms with van der Waals surface area (Å²) in [4.78, 5) is 11.4. The summed E-state index contributed by atoms with van der Waals surface area (Å²) in [6.07, 6.45) is -0.504. The minimum Gasteiger partial charge on any atom is -0.496 e. The molecule has 0 radical (unpaired) electrons. The molecule has 0 spiro atoms. The van der Waals surface area contributed by atoms with Gasteiger partial charge in [0.2, 0.25) is 0 Å². The van der Waals surface area contributed by atoms with Gasteiger partial charge in [-0.25, -0.2) is 4.79 Å². The van der Waals surface area contributed by atoms with Crippen molar-refractivity contribution in [1.82, 2.24) is 5.32 Å². The minimum absolute atomic E-state index is 0.0232. The monoisotopic (exact) mass is 239 g/mol. The van der Waals surface area contributed by atoms with Crippen LogP contribution >= 0.6 is 0 Å². The number of benzene rings is 1. The predicted molar refractivity (Wildman–Crippen MR) is 63.8 cm³/mol. The standard InChI is InChI=1S/C12H17NO4/c1-8(2)13-12(14)17-11-6-9(15-3)5-10(7-11)16-4/h5-8H,1-4H3,(H,13,14). The molecule has 94 valence electrons. The Morgan fingerprint density at radius 3 is 1.94 bits per heavy atom. The van der Waals surface area contributed by atoms with Gasteiger partial charge in [0, 0.05) is 24.2 Å². The Hall–Kier alpha value is -1.91. The number of carbonyl (C=O) groups excluding carboxylic acids is 1. The first-order valence-corrected chi connectivity index (χ1v) is 5.26. The molecule has 0 aliphatic heterocycles. The SMILES string of the molecule is COc1cc(OC)cc(OC(=O)NC(C)C)c1. The van der Waals surface area contributed by atoms with Crippen molar-refractivity contribution in [3.8, 4) is 17.2 Å². The maximum atomic E-state index is 11.4. The molecule has 0 saturated carbocycles. The lowest BCUT2D eigenvalue weighted by Gasteiger charge is -2.11. The highest BCUT2D eigenvalue weighted by Crippen LogP contribution is 2.27. The number of ether oxygens (including phenoxy) is 3. The summed E-state index contributed by atoms with van der Waals surface area (Å²) in [6, 6.07) is 4.95. The van der Waals surface area contributed by atoms with Crippen molar-refractivity contribution in [1.29, 1.82) is 0 Å². The van der Waals surface area contributed by atoms with Gasteiger partial charge in [-0.1, -0.05) is 0 Å². The van der Waals surface area contributed by atoms with Crippen molar-refractivity contribution >= 4 is 6.09 Å². The van der Waals surface area contributed by atoms with E-state index in [-0.39, 0.29) is 6.04 Å². The Kier molecular flexibility index (Phi) is 4.63. The fourth-order valence-electron chi connectivity index (χ4n) is 1.21. The first kappa shape index (κ1) is 13.2. The number of hydrogen-bond acceptors (Lipinski definition) is 4. The normalized spacial score (nSPS) is 9.94. The summed E-state index contributed by atoms with van der Waals surface area (Å²) in [5.74, 6) is 1.51. The van der Waals surface area contributed by atoms with Crippen molar-refractivity contribution in [2.75, 3.05) is 14.2 Å². The minimum atomic E-state index is -0.504. The molecule has 1 aromatic rings. The Morgan fingerprint density at radius 2 is 1.53 bits per heavy atom. The molecule has 0 unspecified atom stereocenters. The zero-order chi connectivity index (χ0) is 12.8. The van der Waals surface area contributed by atoms with E-state index in [1.165, 1.54) is 14.2 Å². The molecule has 5 heteroatoms. The fourth-order valence-corrected chi connectivity index (χ4v) is 1.21. The summed E-state index contributed by atoms with van der Waals surface area (Å²) in [7, 11) is 3.07. The number of rotatable bonds is 4. The molecular formula is C12H17NO4. The second kappa shape index (κ2) is 5.98. The molecule has 1 amide bonds. The van der Waals surface area contributed by atoms with Crippen molar-refractivity contribution in [3.63, 3.8) is 0 Å². The third-order valence-electron chi connectivity index (χ3n) is 1.94. The van der Waals surface area contributed by atoms with E-state index in [0.29, 0.717) is 17.2 Å². The first-order valence-electron chi connectivity index (χ1n) is 5.26. The summed E-state index contributed by atoms with van der Waals surface area (Å²) < 4.78 is 15.2. The average Bonchev–Trinajstić information content (AvgIpc) is 2.27. The lowest BCUT2D eigenvalue weighted by atomic mass is 10.3. The van der Waals surface area contributed by atoms with E-state index in [9.17, 15) is 4.79 Å². The number of nitrogens with one attached hydrogen (secondary N) is 1. The molecule has 0 saturated heterocycles. The second-order valence-electron chi connectivity index (χ2n) is 3.74. The summed E-state index contributed by atoms with van der Waals surface area (Å²) in [5.41, 5.74) is 0. The number of hydrogen-bond donors (Lipinski definition) is 1. The highest BCUT2D eigenvalue weighted by molar-refractivity contribution is 5.71. The van der Waals surface area contributed by atoms with Crippen LogP contribution in [0.4, 0.5) is 4.79 Å². The van der Waals surface area contributed by atoms with Gasteiger partial charge >= 0.3 is 6.09 Å². The van der Waals surface area contributed by atoms with Crippen LogP contribution in [0.1, 0.15) is 13.8 Å². The third kappa shape index (κ3) is 4.22. The van der Waals surface area contributed by atoms with Crippen LogP contribution in [-0.2, 0) is 0 Å². The zero-order valence-corrected chi connectivity index (χ0v) is 10.4. The molecule has 17 heavy (non-hydrogen) atoms. The molecule has 0 aromatic heterocycles. The van der Waals surface area contributed by atoms with E-state index < -0.39 is 6.09 Å². The number of amides is 1. The van der Waals surface area contributed by atoms with E-state index in [4.69, 9.17) is 14.2 Å². The van der Waals surface area contributed by atoms with E-state index in [2.05, 4.69) is 5.32 Å². The molecule has 0 heterocycles. The van der Waals surface area contributed by atoms with Crippen molar-refractivity contribution < 1.29 is 19.0 Å². The number of carbonyl (C=O) groups is 1. The Morgan fingerprint density at radius 1 is 1.06 bits per heavy atom. The third-order valence-corrected chi connectivity index (χ3v) is 1.94. The van der Waals surface area contributed by atoms with Gasteiger partial charge in [-0.3, -0.25) is 0 Å². The van der Waals surface area contributed by atoms with Crippen LogP contribution in [0.2, 0.25) is 0 Å². The number of methoxy groups -OCH3 is 2. The molecule has 1 N–H and O–H groups in total. The van der Waals surface area contributed by atoms with Crippen LogP contribution in [-0.4, -0.2) is 26.4 Å². The predicted octanol–water partition coefficient (Wildman–Crippen LogP) is 2.20. The van der Waals surface area contributed by atoms with Gasteiger partial charge < -0.3 is 19.5 Å². The molecule has 0 atom stereocenters. The van der Waals surface area contributed by atoms with Crippen LogP contribution in [0.25, 0.3) is 0 Å². The second-order valence-corrected chi connectivity index (χ2v) is 3.74. The van der Waals surface area contributed by atoms with Crippen molar-refractivity contribution in [3.05, 3.63) is 18.2 Å². The molecule has 5 nitrogen and oxygen atoms in total. The molecule has 0 bridgehead atoms. The average molecular weight is 239 g/mol. The fraction of sp³-hybridized carbons (Fsp3) is 0.417. The van der Waals surface area contributed by atoms with Gasteiger partial charge in [-0.2, -0.15) is 0 Å². The van der Waals surface area contributed by atoms with Gasteiger partial charge in [0.1, 0.15) is 17.2 Å². The van der Waals surface area contributed by atoms with Gasteiger partial charge in [0.15, 0.2) is 0 Å². The smallest absolute Gasteiger partial charge is 0.412 e. The summed E-state index contributed by atoms with van der Waals surface area (Å²) in [5, 5.41) is 2.62. The van der Waals surface area contributed by atoms with Crippen LogP contribution in [0.3, 0.4) is 0 Å². The maximum Gasteiger partial charge on any atom is 0.412 e. The lowest BCUT2D eigenvalue weighted by Crippen LogP contribution is -2.32. The first-order chi connectivity index (χ1) is 8.05. The van der Waals surface area contributed by atoms with E-state index in [1.54, 1.807) is 18.2 Å². The molecule has 1 rings (SSSR count). The largest absolute Gasteiger partial charge is 0.496 e. The van der Waals surface area contributed by atoms with Crippen LogP contribution < -0.4 is 19.5 Å². The quantitative estimate of drug-likeness (QED) is 0.875. The lowest BCUT2D eigenvalue weighted by molar-refractivity contribution is 0.197. The van der Waals surface area contributed by atoms with Crippen molar-refractivity contribution in [2.24, 2.45) is 0 Å². The van der Waals surface area contributed by atoms with E-state index >= 15 is 0 Å². The zero-order valence-electron chi connectivity index (χ0n) is 10.4.